The Labute approximate surface area is 437 Å². The molecule has 0 amide bonds. The molecule has 27 heteroatoms. The first-order valence-corrected chi connectivity index (χ1v) is 34.6. The Hall–Kier alpha value is -1.59. The maximum Gasteiger partial charge on any atom is 0.337 e. The molecule has 0 aromatic rings. The van der Waals surface area contributed by atoms with Crippen LogP contribution in [-0.2, 0) is 54.9 Å². The van der Waals surface area contributed by atoms with Crippen LogP contribution < -0.4 is 0 Å². The van der Waals surface area contributed by atoms with Crippen molar-refractivity contribution in [2.24, 2.45) is 0 Å². The third kappa shape index (κ3) is 21.3. The van der Waals surface area contributed by atoms with E-state index in [9.17, 15) is 52.0 Å². The topological polar surface area (TPSA) is 221 Å². The molecule has 1 N–H and O–H groups in total. The van der Waals surface area contributed by atoms with Crippen LogP contribution in [0.5, 0.6) is 0 Å². The van der Waals surface area contributed by atoms with Crippen LogP contribution in [0.15, 0.2) is 12.2 Å². The van der Waals surface area contributed by atoms with E-state index in [1.54, 1.807) is 0 Å². The summed E-state index contributed by atoms with van der Waals surface area (Å²) in [6.07, 6.45) is 6.33. The Bertz CT molecular complexity index is 2040. The number of quaternary nitrogens is 1. The fourth-order valence-corrected chi connectivity index (χ4v) is 15.9. The van der Waals surface area contributed by atoms with Crippen molar-refractivity contribution in [1.29, 1.82) is 0 Å². The molecule has 0 radical (unpaired) electrons. The largest absolute Gasteiger partial charge is 0.478 e. The Morgan fingerprint density at radius 2 is 0.630 bits per heavy atom. The quantitative estimate of drug-likeness (QED) is 0.0198. The Balaban J connectivity index is 9.53. The fourth-order valence-electron chi connectivity index (χ4n) is 8.41. The summed E-state index contributed by atoms with van der Waals surface area (Å²) in [7, 11) is -32.2. The first-order chi connectivity index (χ1) is 34.1. The Kier molecular flexibility index (Phi) is 34.3. The summed E-state index contributed by atoms with van der Waals surface area (Å²) in [5, 5.41) is 10.1. The summed E-state index contributed by atoms with van der Waals surface area (Å²) in [6.45, 7) is 9.29. The maximum absolute atomic E-state index is 19.0. The van der Waals surface area contributed by atoms with Gasteiger partial charge in [-0.25, -0.2) is 38.5 Å². The molecular formula is C46H91F5N5O12S5+. The van der Waals surface area contributed by atoms with Crippen molar-refractivity contribution in [3.63, 3.8) is 0 Å². The van der Waals surface area contributed by atoms with E-state index in [1.165, 1.54) is 0 Å². The van der Waals surface area contributed by atoms with Crippen molar-refractivity contribution in [2.75, 3.05) is 35.8 Å². The average Bonchev–Trinajstić information content (AvgIpc) is 3.32. The maximum atomic E-state index is 19.0. The molecule has 2 unspecified atom stereocenters. The van der Waals surface area contributed by atoms with Gasteiger partial charge in [0.1, 0.15) is 12.8 Å². The minimum Gasteiger partial charge on any atom is -0.478 e. The van der Waals surface area contributed by atoms with E-state index in [4.69, 9.17) is 0 Å². The van der Waals surface area contributed by atoms with Crippen molar-refractivity contribution < 1.29 is 78.5 Å². The highest BCUT2D eigenvalue weighted by molar-refractivity contribution is 7.91. The molecule has 0 aromatic carbocycles. The van der Waals surface area contributed by atoms with E-state index in [0.717, 1.165) is 12.8 Å². The summed E-state index contributed by atoms with van der Waals surface area (Å²) < 4.78 is 226. The molecule has 0 aromatic heterocycles. The number of rotatable bonds is 48. The summed E-state index contributed by atoms with van der Waals surface area (Å²) in [6, 6.07) is 0. The predicted octanol–water partition coefficient (Wildman–Crippen LogP) is 11.5. The van der Waals surface area contributed by atoms with Crippen molar-refractivity contribution in [2.45, 2.75) is 239 Å². The van der Waals surface area contributed by atoms with Crippen molar-refractivity contribution >= 4 is 56.1 Å². The average molecular weight is 1160 g/mol. The number of likely N-dealkylation sites (N-methyl/N-ethyl adjacent to an activating group) is 1. The van der Waals surface area contributed by atoms with Crippen molar-refractivity contribution in [3.8, 4) is 0 Å². The number of hydrogen-bond donors (Lipinski definition) is 1. The van der Waals surface area contributed by atoms with E-state index in [1.807, 2.05) is 34.6 Å². The highest BCUT2D eigenvalue weighted by Gasteiger charge is 2.87. The zero-order valence-corrected chi connectivity index (χ0v) is 48.6. The lowest BCUT2D eigenvalue weighted by Crippen LogP contribution is -2.88. The van der Waals surface area contributed by atoms with Gasteiger partial charge in [0.2, 0.25) is 40.1 Å². The van der Waals surface area contributed by atoms with Gasteiger partial charge in [0.05, 0.1) is 23.0 Å². The first kappa shape index (κ1) is 71.4. The van der Waals surface area contributed by atoms with Crippen LogP contribution in [0.25, 0.3) is 0 Å². The number of sulfonamides is 5. The lowest BCUT2D eigenvalue weighted by Gasteiger charge is -2.53. The van der Waals surface area contributed by atoms with E-state index in [-0.39, 0.29) is 58.4 Å². The molecule has 73 heavy (non-hydrogen) atoms. The van der Waals surface area contributed by atoms with Crippen molar-refractivity contribution in [3.05, 3.63) is 12.2 Å². The van der Waals surface area contributed by atoms with E-state index in [2.05, 4.69) is 0 Å². The molecule has 17 nitrogen and oxygen atoms in total. The summed E-state index contributed by atoms with van der Waals surface area (Å²) in [5.41, 5.74) is -5.72. The third-order valence-corrected chi connectivity index (χ3v) is 21.2. The van der Waals surface area contributed by atoms with Crippen LogP contribution in [0.2, 0.25) is 0 Å². The number of carboxylic acids is 1. The summed E-state index contributed by atoms with van der Waals surface area (Å²) in [5.74, 6) is -16.5. The molecule has 0 saturated carbocycles. The minimum atomic E-state index is -6.42. The minimum absolute atomic E-state index is 0.0381. The van der Waals surface area contributed by atoms with Crippen LogP contribution >= 0.6 is 0 Å². The highest BCUT2D eigenvalue weighted by Crippen LogP contribution is 2.54. The number of unbranched alkanes of at least 4 members (excludes halogenated alkanes) is 25. The molecule has 0 aliphatic rings. The zero-order chi connectivity index (χ0) is 56.0. The second kappa shape index (κ2) is 35.0. The Morgan fingerprint density at radius 3 is 0.877 bits per heavy atom. The molecule has 0 aliphatic heterocycles. The van der Waals surface area contributed by atoms with Crippen LogP contribution in [-0.4, -0.2) is 123 Å². The molecule has 0 rings (SSSR count). The third-order valence-electron chi connectivity index (χ3n) is 12.8. The number of halogens is 5. The molecule has 0 bridgehead atoms. The number of carbonyl (C=O) groups is 1. The number of aliphatic carboxylic acids is 1. The molecule has 0 fully saturated rings. The van der Waals surface area contributed by atoms with Gasteiger partial charge in [-0.2, -0.15) is 8.42 Å². The predicted molar refractivity (Wildman–Crippen MR) is 277 cm³/mol. The molecule has 0 heterocycles. The number of nitrogens with zero attached hydrogens (tertiary/aromatic N) is 5. The van der Waals surface area contributed by atoms with Gasteiger partial charge < -0.3 is 5.11 Å². The molecule has 436 valence electrons. The molecule has 2 atom stereocenters. The summed E-state index contributed by atoms with van der Waals surface area (Å²) in [4.78, 5) is 12.5. The fraction of sp³-hybridized carbons (Fsp3) is 0.935. The van der Waals surface area contributed by atoms with E-state index >= 15 is 22.4 Å². The van der Waals surface area contributed by atoms with Gasteiger partial charge in [0.25, 0.3) is 0 Å². The van der Waals surface area contributed by atoms with Crippen LogP contribution in [0.4, 0.5) is 22.4 Å². The van der Waals surface area contributed by atoms with E-state index < -0.39 is 163 Å². The van der Waals surface area contributed by atoms with Gasteiger partial charge in [-0.1, -0.05) is 195 Å². The molecule has 0 spiro atoms. The Morgan fingerprint density at radius 1 is 0.411 bits per heavy atom. The number of carboxylic acid groups (broad SMARTS) is 1. The molecular weight excluding hydrogens is 1070 g/mol. The zero-order valence-electron chi connectivity index (χ0n) is 44.5. The lowest BCUT2D eigenvalue weighted by molar-refractivity contribution is -0.994. The van der Waals surface area contributed by atoms with Gasteiger partial charge in [-0.05, 0) is 36.2 Å². The number of hydrogen-bond acceptors (Lipinski definition) is 11. The monoisotopic (exact) mass is 1160 g/mol. The molecule has 0 saturated heterocycles. The normalized spacial score (nSPS) is 15.3. The van der Waals surface area contributed by atoms with Crippen molar-refractivity contribution in [1.82, 2.24) is 18.1 Å². The van der Waals surface area contributed by atoms with Gasteiger partial charge >= 0.3 is 27.4 Å². The lowest BCUT2D eigenvalue weighted by atomic mass is 10.0. The van der Waals surface area contributed by atoms with Gasteiger partial charge in [-0.15, -0.1) is 17.9 Å². The first-order valence-electron chi connectivity index (χ1n) is 26.6. The van der Waals surface area contributed by atoms with Gasteiger partial charge in [0.15, 0.2) is 0 Å². The van der Waals surface area contributed by atoms with Gasteiger partial charge in [0, 0.05) is 34.7 Å². The van der Waals surface area contributed by atoms with Crippen LogP contribution in [0, 0.1) is 0 Å². The van der Waals surface area contributed by atoms with Crippen LogP contribution in [0.3, 0.4) is 0 Å². The smallest absolute Gasteiger partial charge is 0.337 e. The van der Waals surface area contributed by atoms with E-state index in [0.29, 0.717) is 96.3 Å². The highest BCUT2D eigenvalue weighted by atomic mass is 32.2. The second-order valence-electron chi connectivity index (χ2n) is 19.1. The summed E-state index contributed by atoms with van der Waals surface area (Å²) >= 11 is 0. The second-order valence-corrected chi connectivity index (χ2v) is 28.9. The standard InChI is InChI=1S/C46H90F5N5O12S5/c1-7-12-17-22-27-32-39-69(59,60)52(47)45(38-37-44(57)58,56(6,51)73(67,68)43-36-31-26-21-16-11-5)46(53(48)70(61,62)40-33-28-23-18-13-8-2,54(49)71(63,64)41-34-29-24-19-14-9-3)55(50)72(65,66)42-35-30-25-20-15-10-4/h37-38H,7-36,39-43H2,1-6H3/p+1. The van der Waals surface area contributed by atoms with Gasteiger partial charge in [-0.3, -0.25) is 0 Å². The SMILES string of the molecule is CCCCCCCCS(=O)(=O)N(F)C(N(F)S(=O)(=O)CCCCCCCC)(N(F)S(=O)(=O)CCCCCCCC)C(C=CC(=O)O)(N(F)S(=O)(=O)CCCCCCCC)[N+](C)(F)S(=O)(=O)CCCCCCCC. The van der Waals surface area contributed by atoms with Crippen LogP contribution in [0.1, 0.15) is 227 Å². The molecule has 0 aliphatic carbocycles.